The van der Waals surface area contributed by atoms with E-state index in [4.69, 9.17) is 4.99 Å². The molecule has 1 aliphatic heterocycles. The fourth-order valence-electron chi connectivity index (χ4n) is 2.80. The third-order valence-electron chi connectivity index (χ3n) is 3.73. The minimum absolute atomic E-state index is 0.829. The molecule has 1 aliphatic rings. The normalized spacial score (nSPS) is 13.9. The molecule has 0 aliphatic carbocycles. The largest absolute Gasteiger partial charge is 0.336 e. The van der Waals surface area contributed by atoms with Crippen LogP contribution in [0, 0.1) is 0 Å². The molecule has 0 radical (unpaired) electrons. The number of fused-ring (bicyclic) bond motifs is 1. The highest BCUT2D eigenvalue weighted by molar-refractivity contribution is 9.10. The third kappa shape index (κ3) is 2.19. The molecule has 1 aromatic carbocycles. The van der Waals surface area contributed by atoms with Crippen LogP contribution in [0.25, 0.3) is 11.3 Å². The molecule has 0 atom stereocenters. The number of hydrogen-bond acceptors (Lipinski definition) is 2. The summed E-state index contributed by atoms with van der Waals surface area (Å²) in [7, 11) is 0. The van der Waals surface area contributed by atoms with Gasteiger partial charge in [-0.05, 0) is 33.4 Å². The molecule has 3 aromatic rings. The second kappa shape index (κ2) is 5.28. The monoisotopic (exact) mass is 356 g/mol. The topological polar surface area (TPSA) is 17.3 Å². The number of hydrogen-bond donors (Lipinski definition) is 0. The summed E-state index contributed by atoms with van der Waals surface area (Å²) < 4.78 is 3.49. The van der Waals surface area contributed by atoms with Crippen molar-refractivity contribution >= 4 is 33.0 Å². The van der Waals surface area contributed by atoms with Crippen molar-refractivity contribution in [3.8, 4) is 11.3 Å². The van der Waals surface area contributed by atoms with Crippen LogP contribution in [0.5, 0.6) is 0 Å². The number of aliphatic imine (C=N–C) groups is 1. The minimum Gasteiger partial charge on any atom is -0.336 e. The van der Waals surface area contributed by atoms with Crippen molar-refractivity contribution in [1.29, 1.82) is 0 Å². The fourth-order valence-corrected chi connectivity index (χ4v) is 4.07. The lowest BCUT2D eigenvalue weighted by atomic mass is 10.1. The zero-order valence-corrected chi connectivity index (χ0v) is 13.7. The van der Waals surface area contributed by atoms with Crippen LogP contribution in [0.3, 0.4) is 0 Å². The van der Waals surface area contributed by atoms with Gasteiger partial charge in [-0.3, -0.25) is 4.99 Å². The van der Waals surface area contributed by atoms with E-state index in [1.54, 1.807) is 11.3 Å². The number of halogens is 1. The van der Waals surface area contributed by atoms with E-state index in [1.165, 1.54) is 22.5 Å². The van der Waals surface area contributed by atoms with Crippen LogP contribution in [0.4, 0.5) is 0 Å². The van der Waals surface area contributed by atoms with Crippen LogP contribution >= 0.6 is 27.3 Å². The van der Waals surface area contributed by atoms with E-state index in [-0.39, 0.29) is 0 Å². The highest BCUT2D eigenvalue weighted by Crippen LogP contribution is 2.33. The summed E-state index contributed by atoms with van der Waals surface area (Å²) in [6.45, 7) is 1.76. The third-order valence-corrected chi connectivity index (χ3v) is 5.02. The first kappa shape index (κ1) is 13.0. The zero-order chi connectivity index (χ0) is 14.2. The van der Waals surface area contributed by atoms with Gasteiger partial charge in [0.1, 0.15) is 0 Å². The summed E-state index contributed by atoms with van der Waals surface area (Å²) in [5.74, 6) is 0. The van der Waals surface area contributed by atoms with Crippen molar-refractivity contribution in [2.45, 2.75) is 6.54 Å². The Morgan fingerprint density at radius 3 is 2.71 bits per heavy atom. The molecule has 0 saturated heterocycles. The second-order valence-electron chi connectivity index (χ2n) is 4.99. The molecule has 0 saturated carbocycles. The molecule has 104 valence electrons. The molecule has 3 heterocycles. The molecule has 0 N–H and O–H groups in total. The Balaban J connectivity index is 1.90. The highest BCUT2D eigenvalue weighted by atomic mass is 79.9. The summed E-state index contributed by atoms with van der Waals surface area (Å²) >= 11 is 5.46. The van der Waals surface area contributed by atoms with Crippen molar-refractivity contribution in [2.24, 2.45) is 4.99 Å². The van der Waals surface area contributed by atoms with E-state index >= 15 is 0 Å². The lowest BCUT2D eigenvalue weighted by Gasteiger charge is -2.19. The number of benzene rings is 1. The van der Waals surface area contributed by atoms with E-state index in [2.05, 4.69) is 67.7 Å². The molecule has 4 heteroatoms. The van der Waals surface area contributed by atoms with Crippen LogP contribution in [0.1, 0.15) is 11.3 Å². The molecule has 0 unspecified atom stereocenters. The average Bonchev–Trinajstić information content (AvgIpc) is 3.16. The average molecular weight is 357 g/mol. The lowest BCUT2D eigenvalue weighted by Crippen LogP contribution is -2.20. The first-order valence-corrected chi connectivity index (χ1v) is 8.60. The molecular formula is C17H13BrN2S. The Bertz CT molecular complexity index is 801. The van der Waals surface area contributed by atoms with Gasteiger partial charge in [-0.25, -0.2) is 0 Å². The molecule has 0 fully saturated rings. The van der Waals surface area contributed by atoms with E-state index in [0.717, 1.165) is 23.3 Å². The maximum absolute atomic E-state index is 4.76. The van der Waals surface area contributed by atoms with Gasteiger partial charge in [-0.1, -0.05) is 30.3 Å². The summed E-state index contributed by atoms with van der Waals surface area (Å²) in [5, 5.41) is 4.32. The lowest BCUT2D eigenvalue weighted by molar-refractivity contribution is 0.696. The second-order valence-corrected chi connectivity index (χ2v) is 6.62. The molecule has 0 spiro atoms. The number of nitrogens with zero attached hydrogens (tertiary/aromatic N) is 2. The van der Waals surface area contributed by atoms with Crippen molar-refractivity contribution in [3.63, 3.8) is 0 Å². The summed E-state index contributed by atoms with van der Waals surface area (Å²) in [6, 6.07) is 14.8. The molecule has 4 rings (SSSR count). The fraction of sp³-hybridized carbons (Fsp3) is 0.118. The quantitative estimate of drug-likeness (QED) is 0.625. The first-order chi connectivity index (χ1) is 10.3. The van der Waals surface area contributed by atoms with E-state index in [0.29, 0.717) is 0 Å². The van der Waals surface area contributed by atoms with Crippen LogP contribution in [0.15, 0.2) is 62.7 Å². The van der Waals surface area contributed by atoms with Crippen molar-refractivity contribution < 1.29 is 0 Å². The SMILES string of the molecule is Brc1cc(-c2ccsc2)n2c1C(c1ccccc1)=NCC2. The molecule has 2 aromatic heterocycles. The Morgan fingerprint density at radius 1 is 1.10 bits per heavy atom. The maximum atomic E-state index is 4.76. The van der Waals surface area contributed by atoms with Crippen LogP contribution < -0.4 is 0 Å². The van der Waals surface area contributed by atoms with E-state index in [1.807, 2.05) is 6.07 Å². The van der Waals surface area contributed by atoms with Crippen molar-refractivity contribution in [3.05, 3.63) is 69.0 Å². The summed E-state index contributed by atoms with van der Waals surface area (Å²) in [4.78, 5) is 4.76. The van der Waals surface area contributed by atoms with Crippen LogP contribution in [-0.2, 0) is 6.54 Å². The van der Waals surface area contributed by atoms with E-state index < -0.39 is 0 Å². The van der Waals surface area contributed by atoms with Gasteiger partial charge in [0.15, 0.2) is 0 Å². The van der Waals surface area contributed by atoms with Gasteiger partial charge in [-0.2, -0.15) is 11.3 Å². The Labute approximate surface area is 135 Å². The standard InChI is InChI=1S/C17H13BrN2S/c18-14-10-15(13-6-9-21-11-13)20-8-7-19-16(17(14)20)12-4-2-1-3-5-12/h1-6,9-11H,7-8H2. The Kier molecular flexibility index (Phi) is 3.28. The van der Waals surface area contributed by atoms with Gasteiger partial charge in [0.25, 0.3) is 0 Å². The number of rotatable bonds is 2. The molecule has 2 nitrogen and oxygen atoms in total. The smallest absolute Gasteiger partial charge is 0.0895 e. The maximum Gasteiger partial charge on any atom is 0.0895 e. The highest BCUT2D eigenvalue weighted by Gasteiger charge is 2.22. The van der Waals surface area contributed by atoms with Gasteiger partial charge >= 0.3 is 0 Å². The predicted octanol–water partition coefficient (Wildman–Crippen LogP) is 4.83. The molecular weight excluding hydrogens is 344 g/mol. The summed E-state index contributed by atoms with van der Waals surface area (Å²) in [5.41, 5.74) is 5.99. The Morgan fingerprint density at radius 2 is 1.95 bits per heavy atom. The van der Waals surface area contributed by atoms with E-state index in [9.17, 15) is 0 Å². The van der Waals surface area contributed by atoms with Crippen LogP contribution in [-0.4, -0.2) is 16.8 Å². The Hall–Kier alpha value is -1.65. The molecule has 0 amide bonds. The minimum atomic E-state index is 0.829. The van der Waals surface area contributed by atoms with Gasteiger partial charge in [0.05, 0.1) is 23.6 Å². The van der Waals surface area contributed by atoms with Crippen molar-refractivity contribution in [1.82, 2.24) is 4.57 Å². The predicted molar refractivity (Wildman–Crippen MR) is 92.4 cm³/mol. The first-order valence-electron chi connectivity index (χ1n) is 6.86. The molecule has 21 heavy (non-hydrogen) atoms. The van der Waals surface area contributed by atoms with Gasteiger partial charge < -0.3 is 4.57 Å². The number of aromatic nitrogens is 1. The van der Waals surface area contributed by atoms with Gasteiger partial charge in [0, 0.05) is 27.5 Å². The summed E-state index contributed by atoms with van der Waals surface area (Å²) in [6.07, 6.45) is 0. The molecule has 0 bridgehead atoms. The van der Waals surface area contributed by atoms with Gasteiger partial charge in [0.2, 0.25) is 0 Å². The number of thiophene rings is 1. The van der Waals surface area contributed by atoms with Gasteiger partial charge in [-0.15, -0.1) is 0 Å². The van der Waals surface area contributed by atoms with Crippen molar-refractivity contribution in [2.75, 3.05) is 6.54 Å². The van der Waals surface area contributed by atoms with Crippen LogP contribution in [0.2, 0.25) is 0 Å². The zero-order valence-electron chi connectivity index (χ0n) is 11.3.